The van der Waals surface area contributed by atoms with Gasteiger partial charge in [-0.15, -0.1) is 0 Å². The van der Waals surface area contributed by atoms with E-state index in [-0.39, 0.29) is 13.2 Å². The minimum absolute atomic E-state index is 0.133. The quantitative estimate of drug-likeness (QED) is 0.0522. The second-order valence-electron chi connectivity index (χ2n) is 20.3. The Morgan fingerprint density at radius 2 is 0.607 bits per heavy atom. The fourth-order valence-electron chi connectivity index (χ4n) is 7.83. The van der Waals surface area contributed by atoms with Crippen LogP contribution in [0.4, 0.5) is 0 Å². The molecular formula is C32H88O13Si11. The van der Waals surface area contributed by atoms with Crippen LogP contribution in [-0.2, 0) is 45.9 Å². The summed E-state index contributed by atoms with van der Waals surface area (Å²) in [6.45, 7) is 49.0. The second kappa shape index (κ2) is 22.0. The first-order valence-electron chi connectivity index (χ1n) is 20.5. The molecule has 0 rings (SSSR count). The van der Waals surface area contributed by atoms with E-state index >= 15 is 0 Å². The molecule has 2 N–H and O–H groups in total. The van der Waals surface area contributed by atoms with Crippen LogP contribution in [0, 0.1) is 0 Å². The molecule has 0 saturated heterocycles. The first kappa shape index (κ1) is 57.9. The van der Waals surface area contributed by atoms with Gasteiger partial charge in [0.2, 0.25) is 0 Å². The van der Waals surface area contributed by atoms with E-state index in [1.54, 1.807) is 0 Å². The summed E-state index contributed by atoms with van der Waals surface area (Å²) in [6.07, 6.45) is 2.33. The number of ether oxygens (including phenoxy) is 1. The van der Waals surface area contributed by atoms with E-state index in [0.717, 1.165) is 18.5 Å². The van der Waals surface area contributed by atoms with Crippen LogP contribution in [0.15, 0.2) is 0 Å². The third-order valence-corrected chi connectivity index (χ3v) is 50.6. The maximum absolute atomic E-state index is 9.50. The van der Waals surface area contributed by atoms with Crippen molar-refractivity contribution in [3.8, 4) is 0 Å². The number of hydrogen-bond acceptors (Lipinski definition) is 13. The third-order valence-electron chi connectivity index (χ3n) is 7.70. The number of unbranched alkanes of at least 4 members (excludes halogenated alkanes) is 1. The van der Waals surface area contributed by atoms with Crippen LogP contribution >= 0.6 is 0 Å². The van der Waals surface area contributed by atoms with Crippen LogP contribution in [0.1, 0.15) is 26.2 Å². The van der Waals surface area contributed by atoms with Gasteiger partial charge in [0, 0.05) is 6.61 Å². The van der Waals surface area contributed by atoms with E-state index in [4.69, 9.17) is 51.0 Å². The van der Waals surface area contributed by atoms with Gasteiger partial charge in [0.1, 0.15) is 6.10 Å². The molecule has 0 aromatic heterocycles. The Morgan fingerprint density at radius 1 is 0.375 bits per heavy atom. The summed E-state index contributed by atoms with van der Waals surface area (Å²) < 4.78 is 73.4. The normalized spacial score (nSPS) is 15.8. The van der Waals surface area contributed by atoms with Crippen LogP contribution in [0.3, 0.4) is 0 Å². The van der Waals surface area contributed by atoms with Crippen molar-refractivity contribution >= 4 is 93.7 Å². The lowest BCUT2D eigenvalue weighted by molar-refractivity contribution is 0.00638. The third kappa shape index (κ3) is 27.7. The van der Waals surface area contributed by atoms with E-state index in [0.29, 0.717) is 6.61 Å². The molecule has 56 heavy (non-hydrogen) atoms. The molecular weight excluding hydrogens is 901 g/mol. The minimum Gasteiger partial charge on any atom is -0.436 e. The zero-order valence-electron chi connectivity index (χ0n) is 40.1. The van der Waals surface area contributed by atoms with Crippen molar-refractivity contribution in [1.82, 2.24) is 0 Å². The summed E-state index contributed by atoms with van der Waals surface area (Å²) >= 11 is 0. The van der Waals surface area contributed by atoms with E-state index in [2.05, 4.69) is 151 Å². The predicted molar refractivity (Wildman–Crippen MR) is 256 cm³/mol. The number of aliphatic hydroxyl groups excluding tert-OH is 2. The summed E-state index contributed by atoms with van der Waals surface area (Å²) in [5.41, 5.74) is 0. The molecule has 0 saturated carbocycles. The summed E-state index contributed by atoms with van der Waals surface area (Å²) in [5, 5.41) is 18.5. The molecule has 0 aliphatic carbocycles. The van der Waals surface area contributed by atoms with Crippen LogP contribution in [-0.4, -0.2) is 130 Å². The molecule has 0 amide bonds. The van der Waals surface area contributed by atoms with Crippen LogP contribution in [0.25, 0.3) is 0 Å². The standard InChI is InChI=1S/C32H88O13Si11/c1-24-25-28-46(2,3)36-48(6,7)38-50(10,11)40-52(14,15)42-54(18,19)44-56(22,23)45-55(20,21)43-53(16,17)41-51(12,13)39-49(8,9)37-47(4,5)29-26-27-35-31-32(34)30-33/h32-34H,24-31H2,1-23H3. The molecule has 0 aliphatic heterocycles. The largest absolute Gasteiger partial charge is 0.436 e. The van der Waals surface area contributed by atoms with Gasteiger partial charge in [-0.25, -0.2) is 0 Å². The minimum atomic E-state index is -2.74. The van der Waals surface area contributed by atoms with Crippen molar-refractivity contribution in [2.75, 3.05) is 19.8 Å². The molecule has 338 valence electrons. The van der Waals surface area contributed by atoms with Gasteiger partial charge >= 0.3 is 77.0 Å². The molecule has 0 spiro atoms. The SMILES string of the molecule is CCCC[Si](C)(C)O[Si](C)(C)O[Si](C)(C)O[Si](C)(C)O[Si](C)(C)O[Si](C)(C)O[Si](C)(C)O[Si](C)(C)O[Si](C)(C)O[Si](C)(C)O[Si](C)(C)CCCOCC(O)CO. The fraction of sp³-hybridized carbons (Fsp3) is 1.00. The molecule has 0 aliphatic rings. The van der Waals surface area contributed by atoms with Gasteiger partial charge in [0.15, 0.2) is 16.6 Å². The molecule has 13 nitrogen and oxygen atoms in total. The van der Waals surface area contributed by atoms with Gasteiger partial charge in [-0.1, -0.05) is 19.8 Å². The van der Waals surface area contributed by atoms with E-state index in [1.807, 2.05) is 0 Å². The average molecular weight is 990 g/mol. The summed E-state index contributed by atoms with van der Waals surface area (Å²) in [6, 6.07) is 2.03. The van der Waals surface area contributed by atoms with Gasteiger partial charge in [-0.3, -0.25) is 0 Å². The Kier molecular flexibility index (Phi) is 22.7. The first-order valence-corrected chi connectivity index (χ1v) is 52.0. The topological polar surface area (TPSA) is 142 Å². The van der Waals surface area contributed by atoms with Gasteiger partial charge in [0.25, 0.3) is 0 Å². The molecule has 0 fully saturated rings. The van der Waals surface area contributed by atoms with Crippen molar-refractivity contribution in [3.63, 3.8) is 0 Å². The maximum Gasteiger partial charge on any atom is 0.314 e. The van der Waals surface area contributed by atoms with Crippen LogP contribution < -0.4 is 0 Å². The smallest absolute Gasteiger partial charge is 0.314 e. The zero-order chi connectivity index (χ0) is 44.5. The van der Waals surface area contributed by atoms with E-state index in [1.165, 1.54) is 12.8 Å². The van der Waals surface area contributed by atoms with Crippen molar-refractivity contribution in [3.05, 3.63) is 0 Å². The van der Waals surface area contributed by atoms with Gasteiger partial charge in [-0.2, -0.15) is 0 Å². The predicted octanol–water partition coefficient (Wildman–Crippen LogP) is 9.44. The lowest BCUT2D eigenvalue weighted by atomic mass is 10.4. The summed E-state index contributed by atoms with van der Waals surface area (Å²) in [4.78, 5) is 0. The molecule has 0 aromatic rings. The Labute approximate surface area is 356 Å². The zero-order valence-corrected chi connectivity index (χ0v) is 51.1. The average Bonchev–Trinajstić information content (AvgIpc) is 2.83. The van der Waals surface area contributed by atoms with E-state index < -0.39 is 99.8 Å². The highest BCUT2D eigenvalue weighted by molar-refractivity contribution is 6.93. The van der Waals surface area contributed by atoms with Crippen LogP contribution in [0.5, 0.6) is 0 Å². The van der Waals surface area contributed by atoms with Crippen LogP contribution in [0.2, 0.25) is 156 Å². The summed E-state index contributed by atoms with van der Waals surface area (Å²) in [5.74, 6) is 0. The Bertz CT molecular complexity index is 1170. The Hall–Kier alpha value is 1.87. The van der Waals surface area contributed by atoms with Gasteiger partial charge in [0.05, 0.1) is 13.2 Å². The highest BCUT2D eigenvalue weighted by atomic mass is 28.5. The van der Waals surface area contributed by atoms with Crippen molar-refractivity contribution in [1.29, 1.82) is 0 Å². The van der Waals surface area contributed by atoms with Gasteiger partial charge < -0.3 is 56.1 Å². The highest BCUT2D eigenvalue weighted by Crippen LogP contribution is 2.32. The molecule has 0 bridgehead atoms. The van der Waals surface area contributed by atoms with E-state index in [9.17, 15) is 5.11 Å². The molecule has 1 unspecified atom stereocenters. The monoisotopic (exact) mass is 988 g/mol. The Morgan fingerprint density at radius 3 is 0.839 bits per heavy atom. The lowest BCUT2D eigenvalue weighted by Gasteiger charge is -2.45. The number of aliphatic hydroxyl groups is 2. The lowest BCUT2D eigenvalue weighted by Crippen LogP contribution is -2.62. The highest BCUT2D eigenvalue weighted by Gasteiger charge is 2.51. The van der Waals surface area contributed by atoms with Crippen molar-refractivity contribution in [2.45, 2.75) is 188 Å². The van der Waals surface area contributed by atoms with Crippen molar-refractivity contribution < 1.29 is 56.1 Å². The first-order chi connectivity index (χ1) is 24.6. The molecule has 0 radical (unpaired) electrons. The molecule has 1 atom stereocenters. The molecule has 0 heterocycles. The fourth-order valence-corrected chi connectivity index (χ4v) is 64.3. The number of rotatable bonds is 30. The van der Waals surface area contributed by atoms with Crippen molar-refractivity contribution in [2.24, 2.45) is 0 Å². The number of hydrogen-bond donors (Lipinski definition) is 2. The molecule has 0 aromatic carbocycles. The Balaban J connectivity index is 5.44. The van der Waals surface area contributed by atoms with Gasteiger partial charge in [-0.05, 0) is 163 Å². The second-order valence-corrected chi connectivity index (χ2v) is 61.7. The molecule has 24 heteroatoms. The summed E-state index contributed by atoms with van der Waals surface area (Å²) in [7, 11) is -27.8. The maximum atomic E-state index is 9.50.